The number of aromatic nitrogens is 3. The van der Waals surface area contributed by atoms with Crippen molar-refractivity contribution in [3.05, 3.63) is 66.1 Å². The first-order valence-corrected chi connectivity index (χ1v) is 8.67. The van der Waals surface area contributed by atoms with Crippen LogP contribution in [0.1, 0.15) is 11.3 Å². The van der Waals surface area contributed by atoms with Crippen molar-refractivity contribution in [3.63, 3.8) is 0 Å². The fraction of sp³-hybridized carbons (Fsp3) is 0.100. The third kappa shape index (κ3) is 4.07. The topological polar surface area (TPSA) is 85.4 Å². The molecule has 0 fully saturated rings. The minimum Gasteiger partial charge on any atom is -0.497 e. The molecule has 0 amide bonds. The SMILES string of the molecule is COc1ccc(C=NNc2nc(-c3ccco3)nc3nc(C(F)(F)F)ccc23)cc1. The summed E-state index contributed by atoms with van der Waals surface area (Å²) < 4.78 is 49.6. The number of pyridine rings is 1. The van der Waals surface area contributed by atoms with E-state index in [1.807, 2.05) is 0 Å². The number of furan rings is 1. The average Bonchev–Trinajstić information content (AvgIpc) is 3.28. The van der Waals surface area contributed by atoms with Crippen molar-refractivity contribution in [2.24, 2.45) is 5.10 Å². The lowest BCUT2D eigenvalue weighted by Gasteiger charge is -2.09. The Morgan fingerprint density at radius 2 is 1.83 bits per heavy atom. The number of halogens is 3. The number of ether oxygens (including phenoxy) is 1. The molecule has 10 heteroatoms. The van der Waals surface area contributed by atoms with Gasteiger partial charge in [0.1, 0.15) is 11.4 Å². The fourth-order valence-corrected chi connectivity index (χ4v) is 2.63. The molecule has 1 aromatic carbocycles. The van der Waals surface area contributed by atoms with Gasteiger partial charge in [-0.25, -0.2) is 15.0 Å². The Bertz CT molecular complexity index is 1190. The maximum atomic E-state index is 13.1. The van der Waals surface area contributed by atoms with Crippen LogP contribution >= 0.6 is 0 Å². The number of benzene rings is 1. The maximum absolute atomic E-state index is 13.1. The smallest absolute Gasteiger partial charge is 0.433 e. The molecule has 3 aromatic heterocycles. The van der Waals surface area contributed by atoms with E-state index >= 15 is 0 Å². The van der Waals surface area contributed by atoms with Crippen molar-refractivity contribution in [2.45, 2.75) is 6.18 Å². The van der Waals surface area contributed by atoms with Gasteiger partial charge in [-0.3, -0.25) is 5.43 Å². The predicted octanol–water partition coefficient (Wildman–Crippen LogP) is 4.76. The van der Waals surface area contributed by atoms with Crippen molar-refractivity contribution in [2.75, 3.05) is 12.5 Å². The van der Waals surface area contributed by atoms with Gasteiger partial charge in [0.15, 0.2) is 23.0 Å². The number of rotatable bonds is 5. The number of alkyl halides is 3. The molecule has 7 nitrogen and oxygen atoms in total. The van der Waals surface area contributed by atoms with Crippen LogP contribution in [0.25, 0.3) is 22.6 Å². The first kappa shape index (κ1) is 19.4. The summed E-state index contributed by atoms with van der Waals surface area (Å²) in [5.74, 6) is 1.27. The second-order valence-corrected chi connectivity index (χ2v) is 6.08. The summed E-state index contributed by atoms with van der Waals surface area (Å²) in [6.07, 6.45) is -1.64. The molecule has 0 unspecified atom stereocenters. The third-order valence-corrected chi connectivity index (χ3v) is 4.09. The number of fused-ring (bicyclic) bond motifs is 1. The highest BCUT2D eigenvalue weighted by atomic mass is 19.4. The molecular formula is C20H14F3N5O2. The van der Waals surface area contributed by atoms with Crippen molar-refractivity contribution in [1.82, 2.24) is 15.0 Å². The number of hydrazone groups is 1. The van der Waals surface area contributed by atoms with Gasteiger partial charge >= 0.3 is 6.18 Å². The molecule has 0 bridgehead atoms. The van der Waals surface area contributed by atoms with Crippen molar-refractivity contribution in [3.8, 4) is 17.3 Å². The number of hydrogen-bond acceptors (Lipinski definition) is 7. The van der Waals surface area contributed by atoms with Crippen molar-refractivity contribution < 1.29 is 22.3 Å². The van der Waals surface area contributed by atoms with E-state index in [9.17, 15) is 13.2 Å². The van der Waals surface area contributed by atoms with Crippen LogP contribution in [-0.4, -0.2) is 28.3 Å². The number of hydrogen-bond donors (Lipinski definition) is 1. The largest absolute Gasteiger partial charge is 0.497 e. The lowest BCUT2D eigenvalue weighted by Crippen LogP contribution is -2.09. The molecule has 0 radical (unpaired) electrons. The van der Waals surface area contributed by atoms with E-state index in [2.05, 4.69) is 25.5 Å². The van der Waals surface area contributed by atoms with E-state index in [1.54, 1.807) is 43.5 Å². The molecule has 30 heavy (non-hydrogen) atoms. The maximum Gasteiger partial charge on any atom is 0.433 e. The number of nitrogens with zero attached hydrogens (tertiary/aromatic N) is 4. The van der Waals surface area contributed by atoms with E-state index in [0.29, 0.717) is 11.5 Å². The quantitative estimate of drug-likeness (QED) is 0.375. The van der Waals surface area contributed by atoms with Gasteiger partial charge in [-0.15, -0.1) is 0 Å². The molecule has 1 N–H and O–H groups in total. The van der Waals surface area contributed by atoms with Crippen LogP contribution in [0.3, 0.4) is 0 Å². The van der Waals surface area contributed by atoms with Crippen LogP contribution in [-0.2, 0) is 6.18 Å². The first-order valence-electron chi connectivity index (χ1n) is 8.67. The monoisotopic (exact) mass is 413 g/mol. The predicted molar refractivity (Wildman–Crippen MR) is 104 cm³/mol. The Morgan fingerprint density at radius 1 is 1.03 bits per heavy atom. The second-order valence-electron chi connectivity index (χ2n) is 6.08. The zero-order chi connectivity index (χ0) is 21.1. The highest BCUT2D eigenvalue weighted by molar-refractivity contribution is 5.89. The Morgan fingerprint density at radius 3 is 2.50 bits per heavy atom. The summed E-state index contributed by atoms with van der Waals surface area (Å²) in [5.41, 5.74) is 2.35. The number of anilines is 1. The van der Waals surface area contributed by atoms with E-state index in [-0.39, 0.29) is 22.7 Å². The molecule has 4 aromatic rings. The van der Waals surface area contributed by atoms with Gasteiger partial charge in [0.25, 0.3) is 0 Å². The summed E-state index contributed by atoms with van der Waals surface area (Å²) in [4.78, 5) is 12.1. The van der Waals surface area contributed by atoms with Crippen LogP contribution < -0.4 is 10.2 Å². The summed E-state index contributed by atoms with van der Waals surface area (Å²) >= 11 is 0. The lowest BCUT2D eigenvalue weighted by molar-refractivity contribution is -0.141. The van der Waals surface area contributed by atoms with Gasteiger partial charge in [-0.1, -0.05) is 0 Å². The van der Waals surface area contributed by atoms with Gasteiger partial charge in [0, 0.05) is 0 Å². The molecule has 0 saturated carbocycles. The van der Waals surface area contributed by atoms with Crippen molar-refractivity contribution in [1.29, 1.82) is 0 Å². The van der Waals surface area contributed by atoms with E-state index in [1.165, 1.54) is 18.5 Å². The Hall–Kier alpha value is -3.95. The van der Waals surface area contributed by atoms with Crippen LogP contribution in [0, 0.1) is 0 Å². The van der Waals surface area contributed by atoms with Crippen LogP contribution in [0.5, 0.6) is 5.75 Å². The molecule has 152 valence electrons. The normalized spacial score (nSPS) is 11.9. The molecule has 0 atom stereocenters. The molecule has 0 aliphatic rings. The van der Waals surface area contributed by atoms with Crippen molar-refractivity contribution >= 4 is 23.1 Å². The van der Waals surface area contributed by atoms with Gasteiger partial charge in [0.2, 0.25) is 0 Å². The first-order chi connectivity index (χ1) is 14.4. The van der Waals surface area contributed by atoms with E-state index < -0.39 is 11.9 Å². The molecular weight excluding hydrogens is 399 g/mol. The molecule has 0 spiro atoms. The molecule has 0 aliphatic heterocycles. The zero-order valence-corrected chi connectivity index (χ0v) is 15.5. The van der Waals surface area contributed by atoms with Gasteiger partial charge in [0.05, 0.1) is 25.0 Å². The molecule has 0 aliphatic carbocycles. The Kier molecular flexibility index (Phi) is 5.05. The minimum atomic E-state index is -4.59. The van der Waals surface area contributed by atoms with Gasteiger partial charge in [-0.05, 0) is 54.1 Å². The van der Waals surface area contributed by atoms with Crippen LogP contribution in [0.2, 0.25) is 0 Å². The fourth-order valence-electron chi connectivity index (χ4n) is 2.63. The van der Waals surface area contributed by atoms with E-state index in [4.69, 9.17) is 9.15 Å². The zero-order valence-electron chi connectivity index (χ0n) is 15.5. The minimum absolute atomic E-state index is 0.0847. The average molecular weight is 413 g/mol. The van der Waals surface area contributed by atoms with Crippen LogP contribution in [0.15, 0.2) is 64.3 Å². The molecule has 3 heterocycles. The van der Waals surface area contributed by atoms with Gasteiger partial charge < -0.3 is 9.15 Å². The summed E-state index contributed by atoms with van der Waals surface area (Å²) in [6.45, 7) is 0. The second kappa shape index (κ2) is 7.82. The molecule has 0 saturated heterocycles. The third-order valence-electron chi connectivity index (χ3n) is 4.09. The van der Waals surface area contributed by atoms with E-state index in [0.717, 1.165) is 11.6 Å². The molecule has 4 rings (SSSR count). The Labute approximate surface area is 168 Å². The summed E-state index contributed by atoms with van der Waals surface area (Å²) in [7, 11) is 1.57. The summed E-state index contributed by atoms with van der Waals surface area (Å²) in [6, 6.07) is 12.5. The standard InChI is InChI=1S/C20H14F3N5O2/c1-29-13-6-4-12(5-7-13)11-24-28-18-14-8-9-16(20(21,22)23)25-17(14)26-19(27-18)15-3-2-10-30-15/h2-11H,1H3,(H,25,26,27,28). The van der Waals surface area contributed by atoms with Gasteiger partial charge in [-0.2, -0.15) is 18.3 Å². The number of nitrogens with one attached hydrogen (secondary N) is 1. The number of methoxy groups -OCH3 is 1. The highest BCUT2D eigenvalue weighted by Gasteiger charge is 2.33. The van der Waals surface area contributed by atoms with Crippen LogP contribution in [0.4, 0.5) is 19.0 Å². The lowest BCUT2D eigenvalue weighted by atomic mass is 10.2. The highest BCUT2D eigenvalue weighted by Crippen LogP contribution is 2.31. The summed E-state index contributed by atoms with van der Waals surface area (Å²) in [5, 5.41) is 4.41. The Balaban J connectivity index is 1.72.